The lowest BCUT2D eigenvalue weighted by Gasteiger charge is -2.16. The predicted octanol–water partition coefficient (Wildman–Crippen LogP) is 4.11. The van der Waals surface area contributed by atoms with Gasteiger partial charge in [-0.05, 0) is 30.5 Å². The summed E-state index contributed by atoms with van der Waals surface area (Å²) in [6.07, 6.45) is 9.22. The molecule has 4 aromatic rings. The van der Waals surface area contributed by atoms with Crippen LogP contribution in [0.4, 0.5) is 0 Å². The Morgan fingerprint density at radius 1 is 1.10 bits per heavy atom. The SMILES string of the molecule is CSc1ncc(-c2ccc(-n3cccn3)c3c2cnn3COCC[Si](C)(C)C)nn1. The number of rotatable bonds is 8. The molecule has 3 heterocycles. The standard InChI is InChI=1S/C20H25N7OSSi/c1-29-20-21-13-17(24-25-20)15-6-7-18(26-9-5-8-22-26)19-16(15)12-23-27(19)14-28-10-11-30(2,3)4/h5-9,12-13H,10-11,14H2,1-4H3. The number of nitrogens with zero attached hydrogens (tertiary/aromatic N) is 7. The quantitative estimate of drug-likeness (QED) is 0.232. The van der Waals surface area contributed by atoms with Gasteiger partial charge in [0.15, 0.2) is 0 Å². The molecule has 10 heteroatoms. The number of hydrogen-bond acceptors (Lipinski definition) is 7. The van der Waals surface area contributed by atoms with Crippen LogP contribution >= 0.6 is 11.8 Å². The average molecular weight is 440 g/mol. The molecule has 8 nitrogen and oxygen atoms in total. The van der Waals surface area contributed by atoms with E-state index in [-0.39, 0.29) is 0 Å². The van der Waals surface area contributed by atoms with Crippen molar-refractivity contribution in [2.24, 2.45) is 0 Å². The van der Waals surface area contributed by atoms with Crippen molar-refractivity contribution in [1.29, 1.82) is 0 Å². The fourth-order valence-electron chi connectivity index (χ4n) is 3.11. The lowest BCUT2D eigenvalue weighted by Crippen LogP contribution is -2.22. The maximum absolute atomic E-state index is 5.97. The van der Waals surface area contributed by atoms with E-state index in [1.807, 2.05) is 46.2 Å². The van der Waals surface area contributed by atoms with Gasteiger partial charge in [-0.15, -0.1) is 10.2 Å². The van der Waals surface area contributed by atoms with Gasteiger partial charge in [0.25, 0.3) is 0 Å². The van der Waals surface area contributed by atoms with Gasteiger partial charge in [-0.3, -0.25) is 0 Å². The van der Waals surface area contributed by atoms with E-state index in [0.717, 1.165) is 34.8 Å². The van der Waals surface area contributed by atoms with Crippen LogP contribution in [0.3, 0.4) is 0 Å². The van der Waals surface area contributed by atoms with Crippen molar-refractivity contribution >= 4 is 30.7 Å². The predicted molar refractivity (Wildman–Crippen MR) is 122 cm³/mol. The number of fused-ring (bicyclic) bond motifs is 1. The summed E-state index contributed by atoms with van der Waals surface area (Å²) in [4.78, 5) is 4.37. The third-order valence-corrected chi connectivity index (χ3v) is 7.00. The fraction of sp³-hybridized carbons (Fsp3) is 0.350. The van der Waals surface area contributed by atoms with Crippen LogP contribution in [-0.4, -0.2) is 55.7 Å². The first-order valence-electron chi connectivity index (χ1n) is 9.77. The average Bonchev–Trinajstić information content (AvgIpc) is 3.41. The van der Waals surface area contributed by atoms with Gasteiger partial charge in [0, 0.05) is 38.0 Å². The fourth-order valence-corrected chi connectivity index (χ4v) is 4.15. The molecule has 0 bridgehead atoms. The molecular weight excluding hydrogens is 414 g/mol. The number of thioether (sulfide) groups is 1. The van der Waals surface area contributed by atoms with E-state index < -0.39 is 8.07 Å². The number of aromatic nitrogens is 7. The minimum absolute atomic E-state index is 0.390. The Kier molecular flexibility index (Phi) is 5.98. The van der Waals surface area contributed by atoms with Crippen LogP contribution in [0.1, 0.15) is 0 Å². The van der Waals surface area contributed by atoms with E-state index in [2.05, 4.69) is 45.0 Å². The molecule has 0 aliphatic heterocycles. The number of hydrogen-bond donors (Lipinski definition) is 0. The molecular formula is C20H25N7OSSi. The number of benzene rings is 1. The van der Waals surface area contributed by atoms with Crippen LogP contribution in [0.15, 0.2) is 48.1 Å². The summed E-state index contributed by atoms with van der Waals surface area (Å²) in [5.41, 5.74) is 3.53. The molecule has 4 rings (SSSR count). The normalized spacial score (nSPS) is 12.0. The van der Waals surface area contributed by atoms with Crippen molar-refractivity contribution in [3.63, 3.8) is 0 Å². The van der Waals surface area contributed by atoms with Gasteiger partial charge in [-0.1, -0.05) is 31.4 Å². The minimum atomic E-state index is -1.14. The summed E-state index contributed by atoms with van der Waals surface area (Å²) in [5.74, 6) is 0. The monoisotopic (exact) mass is 439 g/mol. The lowest BCUT2D eigenvalue weighted by atomic mass is 10.1. The molecule has 0 saturated heterocycles. The van der Waals surface area contributed by atoms with E-state index in [1.54, 1.807) is 12.4 Å². The topological polar surface area (TPSA) is 83.5 Å². The zero-order chi connectivity index (χ0) is 21.1. The summed E-state index contributed by atoms with van der Waals surface area (Å²) < 4.78 is 9.70. The molecule has 0 spiro atoms. The van der Waals surface area contributed by atoms with Crippen molar-refractivity contribution in [2.75, 3.05) is 12.9 Å². The molecule has 3 aromatic heterocycles. The van der Waals surface area contributed by atoms with Crippen molar-refractivity contribution in [1.82, 2.24) is 34.7 Å². The van der Waals surface area contributed by atoms with Crippen LogP contribution in [0.5, 0.6) is 0 Å². The second kappa shape index (κ2) is 8.66. The van der Waals surface area contributed by atoms with E-state index >= 15 is 0 Å². The highest BCUT2D eigenvalue weighted by atomic mass is 32.2. The van der Waals surface area contributed by atoms with Gasteiger partial charge in [0.1, 0.15) is 12.4 Å². The molecule has 0 unspecified atom stereocenters. The molecule has 0 atom stereocenters. The third-order valence-electron chi connectivity index (χ3n) is 4.74. The lowest BCUT2D eigenvalue weighted by molar-refractivity contribution is 0.0817. The molecule has 0 aliphatic rings. The zero-order valence-corrected chi connectivity index (χ0v) is 19.4. The van der Waals surface area contributed by atoms with E-state index in [1.165, 1.54) is 11.8 Å². The van der Waals surface area contributed by atoms with E-state index in [0.29, 0.717) is 17.6 Å². The largest absolute Gasteiger partial charge is 0.360 e. The Hall–Kier alpha value is -2.56. The maximum atomic E-state index is 5.97. The zero-order valence-electron chi connectivity index (χ0n) is 17.6. The van der Waals surface area contributed by atoms with Crippen LogP contribution in [-0.2, 0) is 11.5 Å². The minimum Gasteiger partial charge on any atom is -0.360 e. The van der Waals surface area contributed by atoms with Gasteiger partial charge < -0.3 is 4.74 Å². The van der Waals surface area contributed by atoms with Crippen molar-refractivity contribution in [3.8, 4) is 16.9 Å². The molecule has 0 radical (unpaired) electrons. The van der Waals surface area contributed by atoms with Crippen molar-refractivity contribution in [3.05, 3.63) is 43.0 Å². The molecule has 0 amide bonds. The molecule has 0 saturated carbocycles. The molecule has 0 N–H and O–H groups in total. The second-order valence-electron chi connectivity index (χ2n) is 8.17. The van der Waals surface area contributed by atoms with Crippen molar-refractivity contribution in [2.45, 2.75) is 37.6 Å². The first kappa shape index (κ1) is 20.7. The molecule has 0 aliphatic carbocycles. The molecule has 0 fully saturated rings. The maximum Gasteiger partial charge on any atom is 0.208 e. The van der Waals surface area contributed by atoms with Gasteiger partial charge in [-0.25, -0.2) is 14.3 Å². The second-order valence-corrected chi connectivity index (χ2v) is 14.6. The van der Waals surface area contributed by atoms with Crippen LogP contribution in [0, 0.1) is 0 Å². The summed E-state index contributed by atoms with van der Waals surface area (Å²) in [7, 11) is -1.14. The van der Waals surface area contributed by atoms with Gasteiger partial charge in [0.05, 0.1) is 23.6 Å². The Bertz CT molecular complexity index is 1120. The molecule has 1 aromatic carbocycles. The number of ether oxygens (including phenoxy) is 1. The van der Waals surface area contributed by atoms with Crippen molar-refractivity contribution < 1.29 is 4.74 Å². The van der Waals surface area contributed by atoms with E-state index in [9.17, 15) is 0 Å². The van der Waals surface area contributed by atoms with Gasteiger partial charge >= 0.3 is 0 Å². The highest BCUT2D eigenvalue weighted by molar-refractivity contribution is 7.98. The Labute approximate surface area is 180 Å². The first-order valence-corrected chi connectivity index (χ1v) is 14.7. The summed E-state index contributed by atoms with van der Waals surface area (Å²) in [6.45, 7) is 8.16. The molecule has 30 heavy (non-hydrogen) atoms. The Morgan fingerprint density at radius 3 is 2.63 bits per heavy atom. The molecule has 156 valence electrons. The highest BCUT2D eigenvalue weighted by Gasteiger charge is 2.17. The highest BCUT2D eigenvalue weighted by Crippen LogP contribution is 2.31. The van der Waals surface area contributed by atoms with Gasteiger partial charge in [0.2, 0.25) is 5.16 Å². The van der Waals surface area contributed by atoms with Crippen LogP contribution in [0.25, 0.3) is 27.8 Å². The van der Waals surface area contributed by atoms with Gasteiger partial charge in [-0.2, -0.15) is 10.2 Å². The Morgan fingerprint density at radius 2 is 1.97 bits per heavy atom. The third kappa shape index (κ3) is 4.45. The van der Waals surface area contributed by atoms with Crippen LogP contribution < -0.4 is 0 Å². The smallest absolute Gasteiger partial charge is 0.208 e. The summed E-state index contributed by atoms with van der Waals surface area (Å²) in [5, 5.41) is 19.2. The Balaban J connectivity index is 1.73. The summed E-state index contributed by atoms with van der Waals surface area (Å²) in [6, 6.07) is 7.06. The summed E-state index contributed by atoms with van der Waals surface area (Å²) >= 11 is 1.47. The van der Waals surface area contributed by atoms with E-state index in [4.69, 9.17) is 4.74 Å². The van der Waals surface area contributed by atoms with Crippen LogP contribution in [0.2, 0.25) is 25.7 Å². The first-order chi connectivity index (χ1) is 14.5.